The number of aliphatic hydroxyl groups excluding tert-OH is 1. The van der Waals surface area contributed by atoms with Crippen molar-refractivity contribution in [3.05, 3.63) is 69.6 Å². The molecule has 3 aliphatic carbocycles. The second kappa shape index (κ2) is 31.7. The molecule has 0 radical (unpaired) electrons. The van der Waals surface area contributed by atoms with Gasteiger partial charge in [-0.25, -0.2) is 20.0 Å². The standard InChI is InChI=1S/C53H73F13N3O6PS2.CH4O/c1-33(2)69(34(3)4)76(73-26-21-67-7)74-32-35(5)12-9-23-70-27-29-78-77-28-10-22-68(8)31-41-44(54)46(56)48(47(57)45(41)55)75-37-14-16-38-36(30-37)13-15-40-39(38)19-20-49(6)42(40)17-18-43(49)71-24-11-25-72-50(51(58,59)60,52(61,62)63)53(64,65)66;1-2/h14,16,30,33-35,39-40,42-43H,9-13,15,17-29,31-32H2,1-6,8H3;2H,1H3/i5D;2T. The molecule has 10 nitrogen and oxygen atoms in total. The normalized spacial score (nSPS) is 21.6. The average Bonchev–Trinajstić information content (AvgIpc) is 3.84. The minimum Gasteiger partial charge on any atom is -0.451 e. The fraction of sp³-hybridized carbons (Fsp3) is 0.759. The largest absolute Gasteiger partial charge is 0.451 e. The maximum absolute atomic E-state index is 15.5. The Kier molecular flexibility index (Phi) is 26.4. The molecule has 2 aromatic carbocycles. The highest BCUT2D eigenvalue weighted by Crippen LogP contribution is 2.62. The molecule has 0 spiro atoms. The summed E-state index contributed by atoms with van der Waals surface area (Å²) in [6, 6.07) is 5.20. The van der Waals surface area contributed by atoms with E-state index in [1.54, 1.807) is 45.7 Å². The highest BCUT2D eigenvalue weighted by molar-refractivity contribution is 8.76. The molecule has 0 aromatic heterocycles. The molecule has 458 valence electrons. The van der Waals surface area contributed by atoms with Gasteiger partial charge in [0.15, 0.2) is 11.6 Å². The van der Waals surface area contributed by atoms with Crippen molar-refractivity contribution < 1.29 is 91.5 Å². The Morgan fingerprint density at radius 2 is 1.50 bits per heavy atom. The van der Waals surface area contributed by atoms with Crippen LogP contribution < -0.4 is 4.74 Å². The van der Waals surface area contributed by atoms with Crippen molar-refractivity contribution in [2.75, 3.05) is 78.4 Å². The molecule has 0 amide bonds. The van der Waals surface area contributed by atoms with Crippen molar-refractivity contribution in [1.82, 2.24) is 9.57 Å². The Hall–Kier alpha value is -2.37. The zero-order valence-corrected chi connectivity index (χ0v) is 48.7. The van der Waals surface area contributed by atoms with Crippen LogP contribution in [0.1, 0.15) is 123 Å². The Morgan fingerprint density at radius 3 is 2.11 bits per heavy atom. The van der Waals surface area contributed by atoms with Gasteiger partial charge in [0, 0.05) is 57.4 Å². The zero-order valence-electron chi connectivity index (χ0n) is 48.2. The second-order valence-corrected chi connectivity index (χ2v) is 25.1. The van der Waals surface area contributed by atoms with Gasteiger partial charge in [-0.2, -0.15) is 48.3 Å². The number of rotatable bonds is 31. The van der Waals surface area contributed by atoms with Crippen molar-refractivity contribution in [1.29, 1.82) is 1.43 Å². The summed E-state index contributed by atoms with van der Waals surface area (Å²) in [4.78, 5) is 4.94. The van der Waals surface area contributed by atoms with E-state index in [0.29, 0.717) is 83.7 Å². The number of fused-ring (bicyclic) bond motifs is 5. The van der Waals surface area contributed by atoms with Crippen LogP contribution in [-0.2, 0) is 36.2 Å². The summed E-state index contributed by atoms with van der Waals surface area (Å²) < 4.78 is 230. The van der Waals surface area contributed by atoms with Gasteiger partial charge < -0.3 is 42.8 Å². The van der Waals surface area contributed by atoms with E-state index in [9.17, 15) is 39.5 Å². The van der Waals surface area contributed by atoms with E-state index < -0.39 is 105 Å². The van der Waals surface area contributed by atoms with Gasteiger partial charge in [0.2, 0.25) is 25.4 Å². The van der Waals surface area contributed by atoms with Crippen LogP contribution >= 0.6 is 30.1 Å². The Bertz CT molecular complexity index is 2240. The summed E-state index contributed by atoms with van der Waals surface area (Å²) in [6.07, 6.45) is -15.7. The molecule has 3 aliphatic rings. The maximum atomic E-state index is 15.5. The van der Waals surface area contributed by atoms with Crippen LogP contribution in [-0.4, -0.2) is 137 Å². The van der Waals surface area contributed by atoms with Gasteiger partial charge in [-0.1, -0.05) is 41.5 Å². The predicted octanol–water partition coefficient (Wildman–Crippen LogP) is 15.7. The molecule has 26 heteroatoms. The summed E-state index contributed by atoms with van der Waals surface area (Å²) in [5.41, 5.74) is -5.77. The minimum atomic E-state index is -6.81. The molecule has 80 heavy (non-hydrogen) atoms. The van der Waals surface area contributed by atoms with Gasteiger partial charge in [0.1, 0.15) is 12.4 Å². The second-order valence-electron chi connectivity index (χ2n) is 21.0. The number of hydrogen-bond donors (Lipinski definition) is 1. The Labute approximate surface area is 474 Å². The maximum Gasteiger partial charge on any atom is 0.435 e. The smallest absolute Gasteiger partial charge is 0.435 e. The fourth-order valence-electron chi connectivity index (χ4n) is 11.2. The number of alkyl halides is 9. The Balaban J connectivity index is 0.00000471. The third kappa shape index (κ3) is 17.6. The van der Waals surface area contributed by atoms with Crippen molar-refractivity contribution >= 4 is 30.1 Å². The van der Waals surface area contributed by atoms with Crippen LogP contribution in [0.5, 0.6) is 11.5 Å². The molecule has 2 aromatic rings. The summed E-state index contributed by atoms with van der Waals surface area (Å²) in [5.74, 6) is -5.99. The molecule has 7 atom stereocenters. The minimum absolute atomic E-state index is 0.0186. The lowest BCUT2D eigenvalue weighted by Crippen LogP contribution is -2.67. The summed E-state index contributed by atoms with van der Waals surface area (Å²) in [5, 5.41) is 3.50. The van der Waals surface area contributed by atoms with Crippen LogP contribution in [0.2, 0.25) is 0 Å². The number of nitrogens with zero attached hydrogens (tertiary/aromatic N) is 3. The molecule has 2 fully saturated rings. The van der Waals surface area contributed by atoms with E-state index in [0.717, 1.165) is 29.7 Å². The molecule has 5 rings (SSSR count). The average molecular weight is 1230 g/mol. The van der Waals surface area contributed by atoms with Crippen molar-refractivity contribution in [3.63, 3.8) is 0 Å². The van der Waals surface area contributed by atoms with E-state index in [1.165, 1.54) is 13.2 Å². The number of hydrogen-bond acceptors (Lipinski definition) is 11. The van der Waals surface area contributed by atoms with Crippen molar-refractivity contribution in [3.8, 4) is 11.5 Å². The molecule has 1 N–H and O–H groups in total. The first-order valence-electron chi connectivity index (χ1n) is 27.8. The number of halogens is 13. The highest BCUT2D eigenvalue weighted by atomic mass is 33.1. The highest BCUT2D eigenvalue weighted by Gasteiger charge is 2.85. The predicted molar refractivity (Wildman–Crippen MR) is 284 cm³/mol. The van der Waals surface area contributed by atoms with E-state index in [-0.39, 0.29) is 54.9 Å². The summed E-state index contributed by atoms with van der Waals surface area (Å²) >= 11 is 0. The SMILES string of the molecule is [2H]CC(CCCOCCSSCCCN(C)Cc1c(F)c(F)c(Oc2ccc3c(c2)CCC2C3CCC3(C)C(OCCCOC(C(F)(F)F)(C(F)(F)F)C(F)(F)F)CCC23)c(F)c1F)COP(OCC[N+]#[C-])N(C(C)C)C(C)C.[3H]OC. The lowest BCUT2D eigenvalue weighted by Gasteiger charge is -2.50. The van der Waals surface area contributed by atoms with Gasteiger partial charge in [0.25, 0.3) is 8.53 Å². The quantitative estimate of drug-likeness (QED) is 0.0196. The molecule has 0 aliphatic heterocycles. The van der Waals surface area contributed by atoms with E-state index in [4.69, 9.17) is 32.6 Å². The first-order chi connectivity index (χ1) is 38.6. The third-order valence-corrected chi connectivity index (χ3v) is 19.4. The topological polar surface area (TPSA) is 86.5 Å². The fourth-order valence-corrected chi connectivity index (χ4v) is 14.8. The summed E-state index contributed by atoms with van der Waals surface area (Å²) in [7, 11) is 4.75. The van der Waals surface area contributed by atoms with Crippen LogP contribution in [0.4, 0.5) is 57.1 Å². The van der Waals surface area contributed by atoms with Crippen molar-refractivity contribution in [2.45, 2.75) is 161 Å². The third-order valence-electron chi connectivity index (χ3n) is 14.8. The number of aryl methyl sites for hydroxylation is 1. The number of ether oxygens (including phenoxy) is 4. The number of benzene rings is 2. The monoisotopic (exact) mass is 1220 g/mol. The molecule has 7 unspecified atom stereocenters. The number of aliphatic hydroxyl groups is 1. The van der Waals surface area contributed by atoms with Crippen LogP contribution in [0.3, 0.4) is 0 Å². The van der Waals surface area contributed by atoms with Crippen LogP contribution in [0, 0.1) is 53.0 Å². The van der Waals surface area contributed by atoms with Crippen molar-refractivity contribution in [2.24, 2.45) is 23.2 Å². The van der Waals surface area contributed by atoms with E-state index >= 15 is 17.6 Å². The van der Waals surface area contributed by atoms with E-state index in [1.807, 2.05) is 6.92 Å². The Morgan fingerprint density at radius 1 is 0.850 bits per heavy atom. The van der Waals surface area contributed by atoms with Crippen LogP contribution in [0.25, 0.3) is 4.85 Å². The zero-order chi connectivity index (χ0) is 61.2. The molecule has 2 saturated carbocycles. The lowest BCUT2D eigenvalue weighted by molar-refractivity contribution is -0.457. The molecule has 0 saturated heterocycles. The molecule has 0 bridgehead atoms. The summed E-state index contributed by atoms with van der Waals surface area (Å²) in [6.45, 7) is 17.6. The molecular weight excluding hydrogens is 1140 g/mol. The van der Waals surface area contributed by atoms with Gasteiger partial charge >= 0.3 is 24.1 Å². The molecular formula is C54H77F13N3O7PS2. The van der Waals surface area contributed by atoms with Gasteiger partial charge in [-0.15, -0.1) is 0 Å². The van der Waals surface area contributed by atoms with Gasteiger partial charge in [0.05, 0.1) is 25.9 Å². The lowest BCUT2D eigenvalue weighted by atomic mass is 9.55. The van der Waals surface area contributed by atoms with E-state index in [2.05, 4.69) is 47.1 Å². The molecule has 0 heterocycles. The van der Waals surface area contributed by atoms with Gasteiger partial charge in [-0.3, -0.25) is 0 Å². The van der Waals surface area contributed by atoms with Gasteiger partial charge in [-0.05, 0) is 158 Å². The van der Waals surface area contributed by atoms with Crippen LogP contribution in [0.15, 0.2) is 18.2 Å². The first kappa shape index (κ1) is 66.8. The first-order valence-corrected chi connectivity index (χ1v) is 30.3.